The lowest BCUT2D eigenvalue weighted by Crippen LogP contribution is -2.57. The molecule has 4 aliphatic carbocycles. The summed E-state index contributed by atoms with van der Waals surface area (Å²) >= 11 is 0. The van der Waals surface area contributed by atoms with Crippen LogP contribution in [0.15, 0.2) is 42.7 Å². The van der Waals surface area contributed by atoms with Gasteiger partial charge in [-0.1, -0.05) is 25.2 Å². The van der Waals surface area contributed by atoms with Crippen molar-refractivity contribution in [2.45, 2.75) is 70.3 Å². The van der Waals surface area contributed by atoms with Crippen LogP contribution in [0, 0.1) is 28.6 Å². The van der Waals surface area contributed by atoms with E-state index in [-0.39, 0.29) is 10.8 Å². The Hall–Kier alpha value is -1.37. The summed E-state index contributed by atoms with van der Waals surface area (Å²) in [5, 5.41) is 11.5. The fraction of sp³-hybridized carbons (Fsp3) is 0.667. The van der Waals surface area contributed by atoms with Gasteiger partial charge in [-0.2, -0.15) is 0 Å². The van der Waals surface area contributed by atoms with Crippen molar-refractivity contribution in [2.75, 3.05) is 0 Å². The Bertz CT molecular complexity index is 712. The fourth-order valence-electron chi connectivity index (χ4n) is 7.56. The highest BCUT2D eigenvalue weighted by Gasteiger charge is 2.66. The molecule has 4 aliphatic rings. The number of aliphatic hydroxyl groups is 1. The molecule has 1 N–H and O–H groups in total. The van der Waals surface area contributed by atoms with Crippen LogP contribution in [0.4, 0.5) is 0 Å². The van der Waals surface area contributed by atoms with Crippen LogP contribution in [-0.2, 0) is 4.79 Å². The third-order valence-corrected chi connectivity index (χ3v) is 8.71. The van der Waals surface area contributed by atoms with Crippen molar-refractivity contribution in [1.82, 2.24) is 0 Å². The SMILES string of the molecule is C=C=C[C@]1(O)CC[C@H]2[C@@H]3CCC4=CC(=O)CC[C@@H]4[C@@]3(C)CCC21CC=C. The Kier molecular flexibility index (Phi) is 4.21. The maximum Gasteiger partial charge on any atom is 0.155 e. The lowest BCUT2D eigenvalue weighted by atomic mass is 9.43. The predicted molar refractivity (Wildman–Crippen MR) is 105 cm³/mol. The molecule has 1 unspecified atom stereocenters. The van der Waals surface area contributed by atoms with Gasteiger partial charge in [0.2, 0.25) is 0 Å². The summed E-state index contributed by atoms with van der Waals surface area (Å²) < 4.78 is 0. The van der Waals surface area contributed by atoms with E-state index in [9.17, 15) is 9.90 Å². The molecule has 0 heterocycles. The first-order chi connectivity index (χ1) is 12.4. The lowest BCUT2D eigenvalue weighted by molar-refractivity contribution is -0.134. The Morgan fingerprint density at radius 1 is 1.23 bits per heavy atom. The topological polar surface area (TPSA) is 37.3 Å². The molecule has 0 spiro atoms. The fourth-order valence-corrected chi connectivity index (χ4v) is 7.56. The molecule has 26 heavy (non-hydrogen) atoms. The molecule has 2 heteroatoms. The van der Waals surface area contributed by atoms with Crippen LogP contribution in [0.2, 0.25) is 0 Å². The molecular formula is C24H32O2. The second-order valence-electron chi connectivity index (χ2n) is 9.49. The van der Waals surface area contributed by atoms with E-state index in [0.717, 1.165) is 51.4 Å². The summed E-state index contributed by atoms with van der Waals surface area (Å²) in [7, 11) is 0. The highest BCUT2D eigenvalue weighted by atomic mass is 16.3. The van der Waals surface area contributed by atoms with Crippen LogP contribution in [0.1, 0.15) is 64.7 Å². The first-order valence-corrected chi connectivity index (χ1v) is 10.3. The number of carbonyl (C=O) groups excluding carboxylic acids is 1. The van der Waals surface area contributed by atoms with Gasteiger partial charge >= 0.3 is 0 Å². The Morgan fingerprint density at radius 3 is 2.77 bits per heavy atom. The molecular weight excluding hydrogens is 320 g/mol. The van der Waals surface area contributed by atoms with E-state index in [1.54, 1.807) is 0 Å². The molecule has 0 bridgehead atoms. The number of allylic oxidation sites excluding steroid dienone is 2. The monoisotopic (exact) mass is 352 g/mol. The van der Waals surface area contributed by atoms with Crippen LogP contribution < -0.4 is 0 Å². The second-order valence-corrected chi connectivity index (χ2v) is 9.49. The number of hydrogen-bond acceptors (Lipinski definition) is 2. The largest absolute Gasteiger partial charge is 0.385 e. The molecule has 4 rings (SSSR count). The molecule has 0 saturated heterocycles. The van der Waals surface area contributed by atoms with Crippen LogP contribution in [0.5, 0.6) is 0 Å². The summed E-state index contributed by atoms with van der Waals surface area (Å²) in [4.78, 5) is 11.9. The van der Waals surface area contributed by atoms with Gasteiger partial charge in [0.1, 0.15) is 0 Å². The predicted octanol–water partition coefficient (Wildman–Crippen LogP) is 5.15. The molecule has 0 amide bonds. The van der Waals surface area contributed by atoms with E-state index in [0.29, 0.717) is 30.0 Å². The Labute approximate surface area is 157 Å². The number of rotatable bonds is 3. The quantitative estimate of drug-likeness (QED) is 0.563. The molecule has 0 aromatic carbocycles. The van der Waals surface area contributed by atoms with Gasteiger partial charge < -0.3 is 5.11 Å². The van der Waals surface area contributed by atoms with Crippen molar-refractivity contribution < 1.29 is 9.90 Å². The minimum Gasteiger partial charge on any atom is -0.385 e. The van der Waals surface area contributed by atoms with Crippen molar-refractivity contribution >= 4 is 5.78 Å². The first-order valence-electron chi connectivity index (χ1n) is 10.3. The maximum absolute atomic E-state index is 11.9. The number of fused-ring (bicyclic) bond motifs is 5. The smallest absolute Gasteiger partial charge is 0.155 e. The van der Waals surface area contributed by atoms with E-state index >= 15 is 0 Å². The zero-order chi connectivity index (χ0) is 18.6. The van der Waals surface area contributed by atoms with Gasteiger partial charge in [-0.05, 0) is 86.7 Å². The van der Waals surface area contributed by atoms with Crippen LogP contribution in [-0.4, -0.2) is 16.5 Å². The van der Waals surface area contributed by atoms with Gasteiger partial charge in [0.15, 0.2) is 5.78 Å². The third-order valence-electron chi connectivity index (χ3n) is 8.71. The molecule has 3 fully saturated rings. The zero-order valence-electron chi connectivity index (χ0n) is 16.1. The van der Waals surface area contributed by atoms with Gasteiger partial charge in [0, 0.05) is 11.8 Å². The molecule has 0 aromatic rings. The summed E-state index contributed by atoms with van der Waals surface area (Å²) in [6, 6.07) is 0. The average Bonchev–Trinajstić information content (AvgIpc) is 2.88. The molecule has 0 radical (unpaired) electrons. The number of carbonyl (C=O) groups is 1. The van der Waals surface area contributed by atoms with Crippen molar-refractivity contribution in [3.63, 3.8) is 0 Å². The number of hydrogen-bond donors (Lipinski definition) is 1. The van der Waals surface area contributed by atoms with Gasteiger partial charge in [0.05, 0.1) is 5.60 Å². The molecule has 2 nitrogen and oxygen atoms in total. The van der Waals surface area contributed by atoms with E-state index in [1.807, 2.05) is 18.2 Å². The summed E-state index contributed by atoms with van der Waals surface area (Å²) in [6.45, 7) is 10.2. The van der Waals surface area contributed by atoms with Gasteiger partial charge in [0.25, 0.3) is 0 Å². The maximum atomic E-state index is 11.9. The molecule has 3 saturated carbocycles. The average molecular weight is 353 g/mol. The second kappa shape index (κ2) is 6.08. The van der Waals surface area contributed by atoms with Crippen molar-refractivity contribution in [3.05, 3.63) is 42.7 Å². The Balaban J connectivity index is 1.75. The standard InChI is InChI=1S/C24H32O2/c1-4-11-23-15-14-22(3)19-9-7-18(25)16-17(19)6-8-20(22)21(23)10-13-24(23,26)12-5-2/h4,12,16,19-21,26H,1-2,6-11,13-15H2,3H3/t19-,20-,21-,22+,23?,24-/m0/s1. The molecule has 6 atom stereocenters. The molecule has 140 valence electrons. The van der Waals surface area contributed by atoms with Crippen molar-refractivity contribution in [2.24, 2.45) is 28.6 Å². The summed E-state index contributed by atoms with van der Waals surface area (Å²) in [5.74, 6) is 2.03. The van der Waals surface area contributed by atoms with Crippen molar-refractivity contribution in [1.29, 1.82) is 0 Å². The van der Waals surface area contributed by atoms with Crippen LogP contribution in [0.3, 0.4) is 0 Å². The van der Waals surface area contributed by atoms with E-state index in [1.165, 1.54) is 5.57 Å². The Morgan fingerprint density at radius 2 is 2.04 bits per heavy atom. The van der Waals surface area contributed by atoms with Gasteiger partial charge in [-0.25, -0.2) is 0 Å². The van der Waals surface area contributed by atoms with Crippen molar-refractivity contribution in [3.8, 4) is 0 Å². The van der Waals surface area contributed by atoms with Crippen LogP contribution >= 0.6 is 0 Å². The minimum atomic E-state index is -0.798. The van der Waals surface area contributed by atoms with Gasteiger partial charge in [-0.15, -0.1) is 12.3 Å². The highest BCUT2D eigenvalue weighted by Crippen LogP contribution is 2.70. The van der Waals surface area contributed by atoms with E-state index in [2.05, 4.69) is 25.8 Å². The molecule has 0 aliphatic heterocycles. The third kappa shape index (κ3) is 2.25. The lowest BCUT2D eigenvalue weighted by Gasteiger charge is -2.61. The summed E-state index contributed by atoms with van der Waals surface area (Å²) in [5.41, 5.74) is 3.66. The normalized spacial score (nSPS) is 47.1. The molecule has 0 aromatic heterocycles. The van der Waals surface area contributed by atoms with E-state index in [4.69, 9.17) is 0 Å². The first kappa shape index (κ1) is 18.0. The minimum absolute atomic E-state index is 0.116. The number of ketones is 1. The van der Waals surface area contributed by atoms with E-state index < -0.39 is 5.60 Å². The summed E-state index contributed by atoms with van der Waals surface area (Å²) in [6.07, 6.45) is 14.7. The van der Waals surface area contributed by atoms with Crippen LogP contribution in [0.25, 0.3) is 0 Å². The highest BCUT2D eigenvalue weighted by molar-refractivity contribution is 5.91. The van der Waals surface area contributed by atoms with Gasteiger partial charge in [-0.3, -0.25) is 4.79 Å². The zero-order valence-corrected chi connectivity index (χ0v) is 16.1.